The fourth-order valence-electron chi connectivity index (χ4n) is 6.53. The van der Waals surface area contributed by atoms with Gasteiger partial charge in [-0.05, 0) is 51.0 Å². The Hall–Kier alpha value is -3.99. The molecule has 6 rings (SSSR count). The van der Waals surface area contributed by atoms with Crippen molar-refractivity contribution < 1.29 is 23.1 Å². The highest BCUT2D eigenvalue weighted by Gasteiger charge is 2.36. The van der Waals surface area contributed by atoms with Crippen LogP contribution in [0.5, 0.6) is 5.75 Å². The number of hydrogen-bond donors (Lipinski definition) is 0. The molecule has 2 amide bonds. The standard InChI is InChI=1S/C31H32ClF2N5O4/c1-4-25(40)37-14-18(3)38(15-17(37)2)30-22-13-23(32)27(21-8-7-19(33)12-24(21)34)29-28(22)39(31(42)35-30)20(16-43-29)9-11-36-10-5-6-26(36)41/h4,7-8,12-13,17-18,20H,1,5-6,9-11,14-16H2,2-3H3/t17-,18+,20?/m1/s1. The number of piperazine rings is 1. The van der Waals surface area contributed by atoms with Gasteiger partial charge in [0.15, 0.2) is 5.75 Å². The molecule has 226 valence electrons. The lowest BCUT2D eigenvalue weighted by atomic mass is 9.98. The molecule has 2 fully saturated rings. The topological polar surface area (TPSA) is 88.0 Å². The number of benzene rings is 2. The molecule has 0 spiro atoms. The van der Waals surface area contributed by atoms with E-state index in [1.54, 1.807) is 20.4 Å². The minimum absolute atomic E-state index is 0.0420. The Morgan fingerprint density at radius 1 is 1.19 bits per heavy atom. The molecule has 3 aromatic rings. The first-order valence-electron chi connectivity index (χ1n) is 14.4. The lowest BCUT2D eigenvalue weighted by molar-refractivity contribution is -0.129. The van der Waals surface area contributed by atoms with Gasteiger partial charge in [0.25, 0.3) is 0 Å². The SMILES string of the molecule is C=CC(=O)N1C[C@H](C)N(c2nc(=O)n3c4c(c(-c5ccc(F)cc5F)c(Cl)cc24)OCC3CCN2CCCC2=O)C[C@H]1C. The number of rotatable bonds is 6. The van der Waals surface area contributed by atoms with Gasteiger partial charge in [0.1, 0.15) is 24.1 Å². The molecule has 0 saturated carbocycles. The maximum absolute atomic E-state index is 15.1. The zero-order chi connectivity index (χ0) is 30.6. The number of hydrogen-bond acceptors (Lipinski definition) is 6. The van der Waals surface area contributed by atoms with Crippen LogP contribution < -0.4 is 15.3 Å². The van der Waals surface area contributed by atoms with E-state index in [2.05, 4.69) is 11.6 Å². The van der Waals surface area contributed by atoms with Crippen LogP contribution in [0.3, 0.4) is 0 Å². The van der Waals surface area contributed by atoms with Crippen LogP contribution in [0.2, 0.25) is 5.02 Å². The quantitative estimate of drug-likeness (QED) is 0.380. The molecular weight excluding hydrogens is 580 g/mol. The Morgan fingerprint density at radius 2 is 1.98 bits per heavy atom. The molecule has 43 heavy (non-hydrogen) atoms. The molecular formula is C31H32ClF2N5O4. The van der Waals surface area contributed by atoms with E-state index in [4.69, 9.17) is 16.3 Å². The van der Waals surface area contributed by atoms with Gasteiger partial charge in [-0.3, -0.25) is 14.2 Å². The fourth-order valence-corrected chi connectivity index (χ4v) is 6.82. The number of aromatic nitrogens is 2. The minimum atomic E-state index is -0.815. The summed E-state index contributed by atoms with van der Waals surface area (Å²) in [4.78, 5) is 48.7. The molecule has 1 unspecified atom stereocenters. The number of ether oxygens (including phenoxy) is 1. The number of nitrogens with zero attached hydrogens (tertiary/aromatic N) is 5. The van der Waals surface area contributed by atoms with Gasteiger partial charge in [-0.15, -0.1) is 0 Å². The van der Waals surface area contributed by atoms with Crippen molar-refractivity contribution in [2.24, 2.45) is 0 Å². The van der Waals surface area contributed by atoms with Crippen LogP contribution >= 0.6 is 11.6 Å². The molecule has 12 heteroatoms. The first-order chi connectivity index (χ1) is 20.6. The molecule has 3 aliphatic rings. The van der Waals surface area contributed by atoms with Gasteiger partial charge >= 0.3 is 5.69 Å². The molecule has 2 aromatic carbocycles. The van der Waals surface area contributed by atoms with E-state index < -0.39 is 23.4 Å². The first-order valence-corrected chi connectivity index (χ1v) is 14.8. The summed E-state index contributed by atoms with van der Waals surface area (Å²) < 4.78 is 36.8. The zero-order valence-electron chi connectivity index (χ0n) is 24.0. The summed E-state index contributed by atoms with van der Waals surface area (Å²) in [5, 5.41) is 0.693. The number of carbonyl (C=O) groups excluding carboxylic acids is 2. The van der Waals surface area contributed by atoms with Crippen LogP contribution in [0.15, 0.2) is 41.7 Å². The normalized spacial score (nSPS) is 21.8. The lowest BCUT2D eigenvalue weighted by Crippen LogP contribution is -2.58. The molecule has 1 aromatic heterocycles. The van der Waals surface area contributed by atoms with Crippen LogP contribution in [0.1, 0.15) is 39.2 Å². The van der Waals surface area contributed by atoms with Crippen molar-refractivity contribution in [3.63, 3.8) is 0 Å². The molecule has 3 aliphatic heterocycles. The Bertz CT molecular complexity index is 1710. The summed E-state index contributed by atoms with van der Waals surface area (Å²) in [6.07, 6.45) is 3.06. The lowest BCUT2D eigenvalue weighted by Gasteiger charge is -2.45. The molecule has 0 bridgehead atoms. The number of carbonyl (C=O) groups is 2. The van der Waals surface area contributed by atoms with Crippen molar-refractivity contribution in [3.05, 3.63) is 64.1 Å². The van der Waals surface area contributed by atoms with E-state index in [1.807, 2.05) is 18.7 Å². The van der Waals surface area contributed by atoms with Crippen molar-refractivity contribution in [3.8, 4) is 16.9 Å². The predicted molar refractivity (Wildman–Crippen MR) is 160 cm³/mol. The van der Waals surface area contributed by atoms with Crippen molar-refractivity contribution >= 4 is 40.1 Å². The van der Waals surface area contributed by atoms with Crippen molar-refractivity contribution in [1.82, 2.24) is 19.4 Å². The summed E-state index contributed by atoms with van der Waals surface area (Å²) in [7, 11) is 0. The third kappa shape index (κ3) is 5.03. The third-order valence-electron chi connectivity index (χ3n) is 8.70. The second kappa shape index (κ2) is 11.3. The van der Waals surface area contributed by atoms with Crippen LogP contribution in [-0.4, -0.2) is 76.0 Å². The highest BCUT2D eigenvalue weighted by Crippen LogP contribution is 2.47. The monoisotopic (exact) mass is 611 g/mol. The smallest absolute Gasteiger partial charge is 0.350 e. The average Bonchev–Trinajstić information content (AvgIpc) is 3.39. The van der Waals surface area contributed by atoms with Gasteiger partial charge in [0, 0.05) is 67.3 Å². The largest absolute Gasteiger partial charge is 0.488 e. The number of amides is 2. The molecule has 0 radical (unpaired) electrons. The molecule has 4 heterocycles. The Labute approximate surface area is 252 Å². The maximum atomic E-state index is 15.1. The van der Waals surface area contributed by atoms with Crippen molar-refractivity contribution in [1.29, 1.82) is 0 Å². The Balaban J connectivity index is 1.52. The van der Waals surface area contributed by atoms with Crippen LogP contribution in [0.25, 0.3) is 22.0 Å². The van der Waals surface area contributed by atoms with Gasteiger partial charge in [-0.1, -0.05) is 18.2 Å². The summed E-state index contributed by atoms with van der Waals surface area (Å²) in [5.74, 6) is -1.04. The first kappa shape index (κ1) is 29.1. The van der Waals surface area contributed by atoms with E-state index in [0.29, 0.717) is 55.7 Å². The predicted octanol–water partition coefficient (Wildman–Crippen LogP) is 4.55. The van der Waals surface area contributed by atoms with Crippen LogP contribution in [0, 0.1) is 11.6 Å². The van der Waals surface area contributed by atoms with E-state index in [9.17, 15) is 18.8 Å². The van der Waals surface area contributed by atoms with Gasteiger partial charge in [0.2, 0.25) is 11.8 Å². The number of halogens is 3. The van der Waals surface area contributed by atoms with E-state index in [-0.39, 0.29) is 52.4 Å². The highest BCUT2D eigenvalue weighted by atomic mass is 35.5. The second-order valence-electron chi connectivity index (χ2n) is 11.5. The molecule has 0 N–H and O–H groups in total. The molecule has 3 atom stereocenters. The third-order valence-corrected chi connectivity index (χ3v) is 9.00. The number of anilines is 1. The van der Waals surface area contributed by atoms with Crippen LogP contribution in [-0.2, 0) is 9.59 Å². The van der Waals surface area contributed by atoms with E-state index in [0.717, 1.165) is 18.6 Å². The highest BCUT2D eigenvalue weighted by molar-refractivity contribution is 6.35. The fraction of sp³-hybridized carbons (Fsp3) is 0.419. The molecule has 0 aliphatic carbocycles. The van der Waals surface area contributed by atoms with Crippen molar-refractivity contribution in [2.45, 2.75) is 51.2 Å². The average molecular weight is 612 g/mol. The Kier molecular flexibility index (Phi) is 7.62. The minimum Gasteiger partial charge on any atom is -0.488 e. The zero-order valence-corrected chi connectivity index (χ0v) is 24.7. The van der Waals surface area contributed by atoms with Crippen molar-refractivity contribution in [2.75, 3.05) is 37.7 Å². The van der Waals surface area contributed by atoms with Gasteiger partial charge in [-0.25, -0.2) is 13.6 Å². The van der Waals surface area contributed by atoms with Gasteiger partial charge in [0.05, 0.1) is 16.6 Å². The summed E-state index contributed by atoms with van der Waals surface area (Å²) in [5.41, 5.74) is 0.155. The summed E-state index contributed by atoms with van der Waals surface area (Å²) >= 11 is 6.83. The van der Waals surface area contributed by atoms with Gasteiger partial charge < -0.3 is 19.4 Å². The Morgan fingerprint density at radius 3 is 2.67 bits per heavy atom. The van der Waals surface area contributed by atoms with E-state index in [1.165, 1.54) is 12.1 Å². The molecule has 9 nitrogen and oxygen atoms in total. The maximum Gasteiger partial charge on any atom is 0.350 e. The number of likely N-dealkylation sites (tertiary alicyclic amines) is 1. The summed E-state index contributed by atoms with van der Waals surface area (Å²) in [6, 6.07) is 4.02. The summed E-state index contributed by atoms with van der Waals surface area (Å²) in [6.45, 7) is 9.46. The van der Waals surface area contributed by atoms with Crippen LogP contribution in [0.4, 0.5) is 14.6 Å². The van der Waals surface area contributed by atoms with E-state index >= 15 is 4.39 Å². The second-order valence-corrected chi connectivity index (χ2v) is 11.9. The molecule has 2 saturated heterocycles. The van der Waals surface area contributed by atoms with Gasteiger partial charge in [-0.2, -0.15) is 4.98 Å².